The van der Waals surface area contributed by atoms with Crippen LogP contribution in [0, 0.1) is 0 Å². The lowest BCUT2D eigenvalue weighted by atomic mass is 10.0. The van der Waals surface area contributed by atoms with Crippen molar-refractivity contribution in [1.82, 2.24) is 0 Å². The van der Waals surface area contributed by atoms with Gasteiger partial charge in [-0.25, -0.2) is 0 Å². The van der Waals surface area contributed by atoms with E-state index in [-0.39, 0.29) is 12.1 Å². The van der Waals surface area contributed by atoms with Gasteiger partial charge in [0.2, 0.25) is 0 Å². The molecule has 0 spiro atoms. The van der Waals surface area contributed by atoms with Gasteiger partial charge in [0, 0.05) is 6.42 Å². The molecule has 188 valence electrons. The van der Waals surface area contributed by atoms with Crippen molar-refractivity contribution in [3.63, 3.8) is 0 Å². The standard InChI is InChI=1S/C32H48O2/c1-2-3-4-5-6-7-8-9-10-11-12-13-14-15-16-23-28-31(33)34-32(29-24-19-17-20-25-29)30-26-21-18-22-27-30/h17-22,24-27,32H,2-16,23,28H2,1H3. The lowest BCUT2D eigenvalue weighted by Crippen LogP contribution is -2.12. The van der Waals surface area contributed by atoms with Crippen LogP contribution in [-0.2, 0) is 9.53 Å². The summed E-state index contributed by atoms with van der Waals surface area (Å²) in [6.45, 7) is 2.28. The Morgan fingerprint density at radius 2 is 0.912 bits per heavy atom. The van der Waals surface area contributed by atoms with E-state index in [1.54, 1.807) is 0 Å². The summed E-state index contributed by atoms with van der Waals surface area (Å²) in [5.74, 6) is -0.0944. The molecule has 0 saturated carbocycles. The predicted octanol–water partition coefficient (Wildman–Crippen LogP) is 9.97. The molecular weight excluding hydrogens is 416 g/mol. The smallest absolute Gasteiger partial charge is 0.306 e. The van der Waals surface area contributed by atoms with Crippen molar-refractivity contribution in [2.45, 2.75) is 122 Å². The monoisotopic (exact) mass is 464 g/mol. The maximum Gasteiger partial charge on any atom is 0.306 e. The summed E-state index contributed by atoms with van der Waals surface area (Å²) in [4.78, 5) is 12.5. The van der Waals surface area contributed by atoms with Crippen LogP contribution in [0.3, 0.4) is 0 Å². The lowest BCUT2D eigenvalue weighted by Gasteiger charge is -2.19. The molecule has 0 aromatic heterocycles. The maximum atomic E-state index is 12.5. The Hall–Kier alpha value is -2.09. The van der Waals surface area contributed by atoms with E-state index in [4.69, 9.17) is 4.74 Å². The molecule has 2 aromatic carbocycles. The Morgan fingerprint density at radius 1 is 0.559 bits per heavy atom. The Morgan fingerprint density at radius 3 is 1.29 bits per heavy atom. The lowest BCUT2D eigenvalue weighted by molar-refractivity contribution is -0.147. The average Bonchev–Trinajstić information content (AvgIpc) is 2.88. The van der Waals surface area contributed by atoms with Crippen molar-refractivity contribution < 1.29 is 9.53 Å². The molecule has 34 heavy (non-hydrogen) atoms. The third-order valence-corrected chi connectivity index (χ3v) is 6.69. The molecule has 0 atom stereocenters. The summed E-state index contributed by atoms with van der Waals surface area (Å²) in [6.07, 6.45) is 21.6. The van der Waals surface area contributed by atoms with Gasteiger partial charge in [-0.1, -0.05) is 164 Å². The number of unbranched alkanes of at least 4 members (excludes halogenated alkanes) is 15. The Balaban J connectivity index is 1.48. The van der Waals surface area contributed by atoms with E-state index in [0.29, 0.717) is 6.42 Å². The van der Waals surface area contributed by atoms with Crippen LogP contribution in [0.15, 0.2) is 60.7 Å². The van der Waals surface area contributed by atoms with Gasteiger partial charge in [0.15, 0.2) is 6.10 Å². The van der Waals surface area contributed by atoms with Crippen LogP contribution in [0.5, 0.6) is 0 Å². The van der Waals surface area contributed by atoms with Gasteiger partial charge in [0.1, 0.15) is 0 Å². The fourth-order valence-electron chi connectivity index (χ4n) is 4.59. The van der Waals surface area contributed by atoms with Crippen molar-refractivity contribution in [2.75, 3.05) is 0 Å². The van der Waals surface area contributed by atoms with Crippen LogP contribution in [0.4, 0.5) is 0 Å². The van der Waals surface area contributed by atoms with Gasteiger partial charge in [0.25, 0.3) is 0 Å². The second kappa shape index (κ2) is 19.2. The molecule has 2 rings (SSSR count). The van der Waals surface area contributed by atoms with E-state index in [0.717, 1.165) is 24.0 Å². The highest BCUT2D eigenvalue weighted by Gasteiger charge is 2.18. The third kappa shape index (κ3) is 13.0. The van der Waals surface area contributed by atoms with Crippen molar-refractivity contribution in [1.29, 1.82) is 0 Å². The van der Waals surface area contributed by atoms with Crippen LogP contribution in [0.2, 0.25) is 0 Å². The third-order valence-electron chi connectivity index (χ3n) is 6.69. The van der Waals surface area contributed by atoms with Crippen LogP contribution < -0.4 is 0 Å². The zero-order valence-electron chi connectivity index (χ0n) is 21.7. The molecule has 2 nitrogen and oxygen atoms in total. The molecule has 0 aliphatic carbocycles. The van der Waals surface area contributed by atoms with Crippen molar-refractivity contribution in [3.05, 3.63) is 71.8 Å². The zero-order chi connectivity index (χ0) is 24.1. The Kier molecular flexibility index (Phi) is 15.9. The van der Waals surface area contributed by atoms with E-state index < -0.39 is 0 Å². The number of esters is 1. The molecule has 0 N–H and O–H groups in total. The highest BCUT2D eigenvalue weighted by atomic mass is 16.5. The number of hydrogen-bond acceptors (Lipinski definition) is 2. The summed E-state index contributed by atoms with van der Waals surface area (Å²) in [6, 6.07) is 20.1. The quantitative estimate of drug-likeness (QED) is 0.144. The molecular formula is C32H48O2. The highest BCUT2D eigenvalue weighted by Crippen LogP contribution is 2.26. The van der Waals surface area contributed by atoms with Gasteiger partial charge < -0.3 is 4.74 Å². The first-order chi connectivity index (χ1) is 16.8. The van der Waals surface area contributed by atoms with Gasteiger partial charge in [-0.2, -0.15) is 0 Å². The number of ether oxygens (including phenoxy) is 1. The SMILES string of the molecule is CCCCCCCCCCCCCCCCCCC(=O)OC(c1ccccc1)c1ccccc1. The first-order valence-electron chi connectivity index (χ1n) is 14.1. The molecule has 0 bridgehead atoms. The molecule has 0 heterocycles. The summed E-state index contributed by atoms with van der Waals surface area (Å²) in [7, 11) is 0. The second-order valence-corrected chi connectivity index (χ2v) is 9.74. The molecule has 0 unspecified atom stereocenters. The minimum absolute atomic E-state index is 0.0944. The normalized spacial score (nSPS) is 11.1. The fraction of sp³-hybridized carbons (Fsp3) is 0.594. The molecule has 0 saturated heterocycles. The fourth-order valence-corrected chi connectivity index (χ4v) is 4.59. The largest absolute Gasteiger partial charge is 0.453 e. The predicted molar refractivity (Wildman–Crippen MR) is 145 cm³/mol. The maximum absolute atomic E-state index is 12.5. The van der Waals surface area contributed by atoms with Crippen LogP contribution >= 0.6 is 0 Å². The van der Waals surface area contributed by atoms with E-state index >= 15 is 0 Å². The molecule has 0 aliphatic heterocycles. The molecule has 0 radical (unpaired) electrons. The number of rotatable bonds is 20. The molecule has 2 aromatic rings. The van der Waals surface area contributed by atoms with Gasteiger partial charge >= 0.3 is 5.97 Å². The van der Waals surface area contributed by atoms with Gasteiger partial charge in [-0.15, -0.1) is 0 Å². The zero-order valence-corrected chi connectivity index (χ0v) is 21.7. The Labute approximate surface area is 209 Å². The molecule has 2 heteroatoms. The van der Waals surface area contributed by atoms with E-state index in [1.807, 2.05) is 60.7 Å². The minimum Gasteiger partial charge on any atom is -0.453 e. The van der Waals surface area contributed by atoms with E-state index in [1.165, 1.54) is 89.9 Å². The van der Waals surface area contributed by atoms with E-state index in [9.17, 15) is 4.79 Å². The molecule has 0 aliphatic rings. The summed E-state index contributed by atoms with van der Waals surface area (Å²) >= 11 is 0. The summed E-state index contributed by atoms with van der Waals surface area (Å²) in [5.41, 5.74) is 2.04. The number of carbonyl (C=O) groups excluding carboxylic acids is 1. The van der Waals surface area contributed by atoms with Gasteiger partial charge in [0.05, 0.1) is 0 Å². The van der Waals surface area contributed by atoms with Crippen LogP contribution in [0.25, 0.3) is 0 Å². The highest BCUT2D eigenvalue weighted by molar-refractivity contribution is 5.70. The molecule has 0 amide bonds. The first-order valence-corrected chi connectivity index (χ1v) is 14.1. The Bertz CT molecular complexity index is 686. The minimum atomic E-state index is -0.323. The topological polar surface area (TPSA) is 26.3 Å². The van der Waals surface area contributed by atoms with Crippen molar-refractivity contribution in [3.8, 4) is 0 Å². The van der Waals surface area contributed by atoms with Crippen molar-refractivity contribution in [2.24, 2.45) is 0 Å². The van der Waals surface area contributed by atoms with Crippen LogP contribution in [-0.4, -0.2) is 5.97 Å². The molecule has 0 fully saturated rings. The average molecular weight is 465 g/mol. The van der Waals surface area contributed by atoms with E-state index in [2.05, 4.69) is 6.92 Å². The number of carbonyl (C=O) groups is 1. The summed E-state index contributed by atoms with van der Waals surface area (Å²) < 4.78 is 5.91. The van der Waals surface area contributed by atoms with Gasteiger partial charge in [-0.3, -0.25) is 4.79 Å². The second-order valence-electron chi connectivity index (χ2n) is 9.74. The number of hydrogen-bond donors (Lipinski definition) is 0. The summed E-state index contributed by atoms with van der Waals surface area (Å²) in [5, 5.41) is 0. The van der Waals surface area contributed by atoms with Crippen molar-refractivity contribution >= 4 is 5.97 Å². The number of benzene rings is 2. The first kappa shape index (κ1) is 28.1. The van der Waals surface area contributed by atoms with Gasteiger partial charge in [-0.05, 0) is 17.5 Å². The van der Waals surface area contributed by atoms with Crippen LogP contribution in [0.1, 0.15) is 133 Å².